The molecule has 1 fully saturated rings. The molecule has 16 heavy (non-hydrogen) atoms. The van der Waals surface area contributed by atoms with E-state index in [9.17, 15) is 0 Å². The lowest BCUT2D eigenvalue weighted by molar-refractivity contribution is 0.404. The highest BCUT2D eigenvalue weighted by Gasteiger charge is 2.34. The van der Waals surface area contributed by atoms with Gasteiger partial charge in [-0.3, -0.25) is 0 Å². The highest BCUT2D eigenvalue weighted by Crippen LogP contribution is 2.44. The molecule has 2 nitrogen and oxygen atoms in total. The van der Waals surface area contributed by atoms with Gasteiger partial charge in [-0.1, -0.05) is 18.9 Å². The zero-order valence-corrected chi connectivity index (χ0v) is 11.4. The molecule has 2 N–H and O–H groups in total. The standard InChI is InChI=1S/C13H18BrNO/c1-9-5-6-10(16-2)12(14)11(9)13(15)7-3-4-8-13/h5-6H,3-4,7-8,15H2,1-2H3. The molecular weight excluding hydrogens is 266 g/mol. The van der Waals surface area contributed by atoms with Crippen molar-refractivity contribution >= 4 is 15.9 Å². The fourth-order valence-electron chi connectivity index (χ4n) is 2.68. The number of halogens is 1. The van der Waals surface area contributed by atoms with E-state index in [-0.39, 0.29) is 5.54 Å². The second-order valence-corrected chi connectivity index (χ2v) is 5.43. The Bertz CT molecular complexity index is 397. The van der Waals surface area contributed by atoms with E-state index in [4.69, 9.17) is 10.5 Å². The van der Waals surface area contributed by atoms with Gasteiger partial charge in [0, 0.05) is 5.54 Å². The Morgan fingerprint density at radius 2 is 1.94 bits per heavy atom. The second-order valence-electron chi connectivity index (χ2n) is 4.64. The van der Waals surface area contributed by atoms with E-state index in [0.717, 1.165) is 23.1 Å². The summed E-state index contributed by atoms with van der Waals surface area (Å²) in [5.74, 6) is 0.873. The van der Waals surface area contributed by atoms with Crippen molar-refractivity contribution in [2.45, 2.75) is 38.1 Å². The number of hydrogen-bond donors (Lipinski definition) is 1. The topological polar surface area (TPSA) is 35.2 Å². The van der Waals surface area contributed by atoms with Gasteiger partial charge in [0.25, 0.3) is 0 Å². The molecule has 0 radical (unpaired) electrons. The SMILES string of the molecule is COc1ccc(C)c(C2(N)CCCC2)c1Br. The van der Waals surface area contributed by atoms with Crippen LogP contribution in [0.1, 0.15) is 36.8 Å². The number of rotatable bonds is 2. The molecule has 0 bridgehead atoms. The molecule has 1 aromatic carbocycles. The second kappa shape index (κ2) is 4.38. The van der Waals surface area contributed by atoms with Crippen LogP contribution in [0, 0.1) is 6.92 Å². The van der Waals surface area contributed by atoms with Crippen molar-refractivity contribution in [1.82, 2.24) is 0 Å². The summed E-state index contributed by atoms with van der Waals surface area (Å²) in [5, 5.41) is 0. The Morgan fingerprint density at radius 1 is 1.31 bits per heavy atom. The first-order valence-corrected chi connectivity index (χ1v) is 6.50. The zero-order valence-electron chi connectivity index (χ0n) is 9.85. The first-order chi connectivity index (χ1) is 7.58. The number of methoxy groups -OCH3 is 1. The maximum atomic E-state index is 6.52. The van der Waals surface area contributed by atoms with E-state index in [1.54, 1.807) is 7.11 Å². The monoisotopic (exact) mass is 283 g/mol. The smallest absolute Gasteiger partial charge is 0.133 e. The van der Waals surface area contributed by atoms with E-state index in [1.807, 2.05) is 6.07 Å². The molecule has 0 spiro atoms. The first kappa shape index (κ1) is 11.9. The van der Waals surface area contributed by atoms with Gasteiger partial charge in [-0.2, -0.15) is 0 Å². The third-order valence-corrected chi connectivity index (χ3v) is 4.32. The maximum Gasteiger partial charge on any atom is 0.133 e. The molecular formula is C13H18BrNO. The first-order valence-electron chi connectivity index (χ1n) is 5.71. The third-order valence-electron chi connectivity index (χ3n) is 3.53. The Balaban J connectivity index is 2.54. The minimum Gasteiger partial charge on any atom is -0.496 e. The molecule has 0 saturated heterocycles. The van der Waals surface area contributed by atoms with E-state index < -0.39 is 0 Å². The van der Waals surface area contributed by atoms with Crippen molar-refractivity contribution in [3.05, 3.63) is 27.7 Å². The van der Waals surface area contributed by atoms with E-state index in [2.05, 4.69) is 28.9 Å². The average molecular weight is 284 g/mol. The lowest BCUT2D eigenvalue weighted by Gasteiger charge is -2.28. The van der Waals surface area contributed by atoms with Crippen molar-refractivity contribution in [2.75, 3.05) is 7.11 Å². The van der Waals surface area contributed by atoms with Crippen LogP contribution in [0.2, 0.25) is 0 Å². The van der Waals surface area contributed by atoms with Gasteiger partial charge in [0.15, 0.2) is 0 Å². The fourth-order valence-corrected chi connectivity index (χ4v) is 3.68. The van der Waals surface area contributed by atoms with Gasteiger partial charge in [0.2, 0.25) is 0 Å². The van der Waals surface area contributed by atoms with Crippen LogP contribution in [-0.4, -0.2) is 7.11 Å². The normalized spacial score (nSPS) is 18.8. The van der Waals surface area contributed by atoms with Crippen LogP contribution in [0.3, 0.4) is 0 Å². The molecule has 2 rings (SSSR count). The minimum absolute atomic E-state index is 0.169. The van der Waals surface area contributed by atoms with Crippen LogP contribution in [0.15, 0.2) is 16.6 Å². The van der Waals surface area contributed by atoms with Crippen LogP contribution in [0.5, 0.6) is 5.75 Å². The zero-order chi connectivity index (χ0) is 11.8. The summed E-state index contributed by atoms with van der Waals surface area (Å²) in [5.41, 5.74) is 8.82. The Hall–Kier alpha value is -0.540. The molecule has 0 aromatic heterocycles. The molecule has 0 atom stereocenters. The summed E-state index contributed by atoms with van der Waals surface area (Å²) in [4.78, 5) is 0. The number of nitrogens with two attached hydrogens (primary N) is 1. The maximum absolute atomic E-state index is 6.52. The van der Waals surface area contributed by atoms with Gasteiger partial charge in [0.1, 0.15) is 5.75 Å². The number of hydrogen-bond acceptors (Lipinski definition) is 2. The van der Waals surface area contributed by atoms with Gasteiger partial charge < -0.3 is 10.5 Å². The highest BCUT2D eigenvalue weighted by atomic mass is 79.9. The lowest BCUT2D eigenvalue weighted by Crippen LogP contribution is -2.34. The Labute approximate surface area is 105 Å². The van der Waals surface area contributed by atoms with Crippen LogP contribution in [-0.2, 0) is 5.54 Å². The summed E-state index contributed by atoms with van der Waals surface area (Å²) in [6, 6.07) is 4.08. The Kier molecular flexibility index (Phi) is 3.27. The molecule has 1 saturated carbocycles. The number of benzene rings is 1. The molecule has 1 aromatic rings. The van der Waals surface area contributed by atoms with Gasteiger partial charge in [-0.05, 0) is 52.9 Å². The van der Waals surface area contributed by atoms with Crippen molar-refractivity contribution in [1.29, 1.82) is 0 Å². The molecule has 0 unspecified atom stereocenters. The van der Waals surface area contributed by atoms with Crippen molar-refractivity contribution in [3.63, 3.8) is 0 Å². The number of ether oxygens (including phenoxy) is 1. The van der Waals surface area contributed by atoms with Gasteiger partial charge in [-0.15, -0.1) is 0 Å². The van der Waals surface area contributed by atoms with E-state index in [1.165, 1.54) is 24.0 Å². The predicted molar refractivity (Wildman–Crippen MR) is 69.8 cm³/mol. The van der Waals surface area contributed by atoms with Crippen molar-refractivity contribution in [2.24, 2.45) is 5.73 Å². The van der Waals surface area contributed by atoms with Crippen molar-refractivity contribution in [3.8, 4) is 5.75 Å². The summed E-state index contributed by atoms with van der Waals surface area (Å²) in [6.45, 7) is 2.12. The summed E-state index contributed by atoms with van der Waals surface area (Å²) < 4.78 is 6.37. The van der Waals surface area contributed by atoms with Gasteiger partial charge in [0.05, 0.1) is 11.6 Å². The molecule has 88 valence electrons. The third kappa shape index (κ3) is 1.87. The predicted octanol–water partition coefficient (Wildman–Crippen LogP) is 3.49. The fraction of sp³-hybridized carbons (Fsp3) is 0.538. The molecule has 0 heterocycles. The molecule has 3 heteroatoms. The quantitative estimate of drug-likeness (QED) is 0.902. The summed E-state index contributed by atoms with van der Waals surface area (Å²) in [6.07, 6.45) is 4.58. The molecule has 1 aliphatic carbocycles. The van der Waals surface area contributed by atoms with Gasteiger partial charge in [-0.25, -0.2) is 0 Å². The minimum atomic E-state index is -0.169. The molecule has 0 amide bonds. The van der Waals surface area contributed by atoms with E-state index >= 15 is 0 Å². The molecule has 0 aliphatic heterocycles. The average Bonchev–Trinajstić information content (AvgIpc) is 2.66. The van der Waals surface area contributed by atoms with Gasteiger partial charge >= 0.3 is 0 Å². The van der Waals surface area contributed by atoms with Crippen LogP contribution in [0.4, 0.5) is 0 Å². The van der Waals surface area contributed by atoms with E-state index in [0.29, 0.717) is 0 Å². The van der Waals surface area contributed by atoms with Crippen LogP contribution in [0.25, 0.3) is 0 Å². The lowest BCUT2D eigenvalue weighted by atomic mass is 9.86. The Morgan fingerprint density at radius 3 is 2.50 bits per heavy atom. The summed E-state index contributed by atoms with van der Waals surface area (Å²) in [7, 11) is 1.69. The van der Waals surface area contributed by atoms with Crippen molar-refractivity contribution < 1.29 is 4.74 Å². The number of aryl methyl sites for hydroxylation is 1. The highest BCUT2D eigenvalue weighted by molar-refractivity contribution is 9.10. The van der Waals surface area contributed by atoms with Crippen LogP contribution < -0.4 is 10.5 Å². The summed E-state index contributed by atoms with van der Waals surface area (Å²) >= 11 is 3.63. The largest absolute Gasteiger partial charge is 0.496 e. The molecule has 1 aliphatic rings. The van der Waals surface area contributed by atoms with Crippen LogP contribution >= 0.6 is 15.9 Å².